The van der Waals surface area contributed by atoms with Gasteiger partial charge < -0.3 is 5.73 Å². The van der Waals surface area contributed by atoms with Crippen LogP contribution < -0.4 is 5.73 Å². The molecular formula is C11H7ClF3N3. The second kappa shape index (κ2) is 4.45. The molecule has 1 heterocycles. The van der Waals surface area contributed by atoms with Crippen LogP contribution in [0.5, 0.6) is 0 Å². The Labute approximate surface area is 105 Å². The Hall–Kier alpha value is -1.82. The molecule has 7 heteroatoms. The van der Waals surface area contributed by atoms with Gasteiger partial charge in [0.25, 0.3) is 0 Å². The first-order valence-corrected chi connectivity index (χ1v) is 5.21. The van der Waals surface area contributed by atoms with Crippen molar-refractivity contribution in [3.63, 3.8) is 0 Å². The summed E-state index contributed by atoms with van der Waals surface area (Å²) in [5.41, 5.74) is 6.09. The van der Waals surface area contributed by atoms with Gasteiger partial charge in [-0.05, 0) is 17.7 Å². The van der Waals surface area contributed by atoms with E-state index < -0.39 is 11.7 Å². The molecule has 2 N–H and O–H groups in total. The molecule has 94 valence electrons. The van der Waals surface area contributed by atoms with Crippen LogP contribution in [0.15, 0.2) is 30.5 Å². The van der Waals surface area contributed by atoms with Gasteiger partial charge in [-0.2, -0.15) is 18.3 Å². The molecule has 3 nitrogen and oxygen atoms in total. The zero-order valence-electron chi connectivity index (χ0n) is 8.87. The summed E-state index contributed by atoms with van der Waals surface area (Å²) >= 11 is 5.69. The number of benzene rings is 1. The van der Waals surface area contributed by atoms with E-state index in [4.69, 9.17) is 17.3 Å². The fraction of sp³-hybridized carbons (Fsp3) is 0.0909. The summed E-state index contributed by atoms with van der Waals surface area (Å²) in [6.07, 6.45) is -3.01. The maximum absolute atomic E-state index is 12.4. The van der Waals surface area contributed by atoms with Crippen molar-refractivity contribution in [3.05, 3.63) is 41.2 Å². The third-order valence-corrected chi connectivity index (χ3v) is 2.65. The summed E-state index contributed by atoms with van der Waals surface area (Å²) in [6, 6.07) is 4.57. The van der Waals surface area contributed by atoms with Crippen molar-refractivity contribution in [2.45, 2.75) is 6.18 Å². The van der Waals surface area contributed by atoms with E-state index in [-0.39, 0.29) is 10.8 Å². The first kappa shape index (κ1) is 12.6. The number of rotatable bonds is 1. The Morgan fingerprint density at radius 1 is 1.11 bits per heavy atom. The van der Waals surface area contributed by atoms with Crippen molar-refractivity contribution in [2.75, 3.05) is 5.73 Å². The van der Waals surface area contributed by atoms with Gasteiger partial charge in [0.05, 0.1) is 17.4 Å². The van der Waals surface area contributed by atoms with Gasteiger partial charge in [0, 0.05) is 5.56 Å². The van der Waals surface area contributed by atoms with E-state index in [0.717, 1.165) is 12.1 Å². The van der Waals surface area contributed by atoms with Gasteiger partial charge in [-0.25, -0.2) is 0 Å². The lowest BCUT2D eigenvalue weighted by Gasteiger charge is -2.09. The third-order valence-electron chi connectivity index (χ3n) is 2.37. The predicted octanol–water partition coefficient (Wildman–Crippen LogP) is 3.40. The molecule has 0 radical (unpaired) electrons. The average Bonchev–Trinajstić information content (AvgIpc) is 2.32. The Morgan fingerprint density at radius 2 is 1.72 bits per heavy atom. The van der Waals surface area contributed by atoms with Crippen molar-refractivity contribution >= 4 is 17.3 Å². The fourth-order valence-corrected chi connectivity index (χ4v) is 1.59. The summed E-state index contributed by atoms with van der Waals surface area (Å²) in [4.78, 5) is 0. The molecule has 0 unspecified atom stereocenters. The number of hydrogen-bond donors (Lipinski definition) is 1. The molecule has 0 aliphatic rings. The molecule has 0 saturated heterocycles. The highest BCUT2D eigenvalue weighted by atomic mass is 35.5. The largest absolute Gasteiger partial charge is 0.416 e. The van der Waals surface area contributed by atoms with Crippen molar-refractivity contribution in [1.29, 1.82) is 0 Å². The summed E-state index contributed by atoms with van der Waals surface area (Å²) < 4.78 is 37.2. The lowest BCUT2D eigenvalue weighted by Crippen LogP contribution is -2.04. The summed E-state index contributed by atoms with van der Waals surface area (Å²) in [6.45, 7) is 0. The molecule has 0 aliphatic carbocycles. The topological polar surface area (TPSA) is 51.8 Å². The van der Waals surface area contributed by atoms with Crippen LogP contribution in [0.4, 0.5) is 18.9 Å². The highest BCUT2D eigenvalue weighted by Crippen LogP contribution is 2.33. The molecule has 0 saturated carbocycles. The van der Waals surface area contributed by atoms with E-state index in [1.807, 2.05) is 0 Å². The monoisotopic (exact) mass is 273 g/mol. The number of nitrogen functional groups attached to an aromatic ring is 1. The molecule has 1 aromatic heterocycles. The first-order chi connectivity index (χ1) is 8.39. The number of nitrogens with zero attached hydrogens (tertiary/aromatic N) is 2. The van der Waals surface area contributed by atoms with Crippen molar-refractivity contribution in [1.82, 2.24) is 10.2 Å². The lowest BCUT2D eigenvalue weighted by atomic mass is 10.0. The van der Waals surface area contributed by atoms with Crippen LogP contribution in [-0.2, 0) is 6.18 Å². The van der Waals surface area contributed by atoms with Crippen LogP contribution in [0.25, 0.3) is 11.1 Å². The number of anilines is 1. The van der Waals surface area contributed by atoms with Crippen molar-refractivity contribution in [3.8, 4) is 11.1 Å². The van der Waals surface area contributed by atoms with Crippen LogP contribution in [0.3, 0.4) is 0 Å². The van der Waals surface area contributed by atoms with Crippen LogP contribution in [0.2, 0.25) is 5.15 Å². The van der Waals surface area contributed by atoms with Crippen molar-refractivity contribution in [2.24, 2.45) is 0 Å². The van der Waals surface area contributed by atoms with E-state index in [0.29, 0.717) is 11.1 Å². The van der Waals surface area contributed by atoms with E-state index in [1.54, 1.807) is 0 Å². The van der Waals surface area contributed by atoms with Crippen LogP contribution >= 0.6 is 11.6 Å². The van der Waals surface area contributed by atoms with Gasteiger partial charge in [-0.3, -0.25) is 0 Å². The fourth-order valence-electron chi connectivity index (χ4n) is 1.44. The smallest absolute Gasteiger partial charge is 0.396 e. The minimum Gasteiger partial charge on any atom is -0.396 e. The second-order valence-corrected chi connectivity index (χ2v) is 3.90. The van der Waals surface area contributed by atoms with E-state index in [9.17, 15) is 13.2 Å². The SMILES string of the molecule is Nc1c(-c2ccc(C(F)(F)F)cc2)cnnc1Cl. The summed E-state index contributed by atoms with van der Waals surface area (Å²) in [5.74, 6) is 0. The van der Waals surface area contributed by atoms with Gasteiger partial charge in [0.1, 0.15) is 0 Å². The molecule has 2 rings (SSSR count). The average molecular weight is 274 g/mol. The van der Waals surface area contributed by atoms with Crippen LogP contribution in [0.1, 0.15) is 5.56 Å². The highest BCUT2D eigenvalue weighted by Gasteiger charge is 2.30. The molecule has 0 spiro atoms. The number of halogens is 4. The van der Waals surface area contributed by atoms with Gasteiger partial charge in [-0.1, -0.05) is 23.7 Å². The normalized spacial score (nSPS) is 11.6. The van der Waals surface area contributed by atoms with Crippen LogP contribution in [0, 0.1) is 0 Å². The first-order valence-electron chi connectivity index (χ1n) is 4.84. The Morgan fingerprint density at radius 3 is 2.28 bits per heavy atom. The zero-order chi connectivity index (χ0) is 13.3. The quantitative estimate of drug-likeness (QED) is 0.866. The minimum atomic E-state index is -4.36. The van der Waals surface area contributed by atoms with E-state index >= 15 is 0 Å². The van der Waals surface area contributed by atoms with Gasteiger partial charge in [-0.15, -0.1) is 5.10 Å². The Kier molecular flexibility index (Phi) is 3.13. The summed E-state index contributed by atoms with van der Waals surface area (Å²) in [5, 5.41) is 7.16. The summed E-state index contributed by atoms with van der Waals surface area (Å²) in [7, 11) is 0. The lowest BCUT2D eigenvalue weighted by molar-refractivity contribution is -0.137. The maximum Gasteiger partial charge on any atom is 0.416 e. The zero-order valence-corrected chi connectivity index (χ0v) is 9.63. The van der Waals surface area contributed by atoms with Gasteiger partial charge >= 0.3 is 6.18 Å². The highest BCUT2D eigenvalue weighted by molar-refractivity contribution is 6.32. The van der Waals surface area contributed by atoms with E-state index in [2.05, 4.69) is 10.2 Å². The van der Waals surface area contributed by atoms with Crippen molar-refractivity contribution < 1.29 is 13.2 Å². The number of alkyl halides is 3. The Bertz CT molecular complexity index is 567. The molecule has 0 fully saturated rings. The van der Waals surface area contributed by atoms with Gasteiger partial charge in [0.2, 0.25) is 0 Å². The molecule has 18 heavy (non-hydrogen) atoms. The molecule has 0 atom stereocenters. The number of aromatic nitrogens is 2. The molecule has 1 aromatic carbocycles. The predicted molar refractivity (Wildman–Crippen MR) is 61.9 cm³/mol. The molecule has 0 amide bonds. The molecular weight excluding hydrogens is 267 g/mol. The molecule has 0 aliphatic heterocycles. The second-order valence-electron chi connectivity index (χ2n) is 3.54. The Balaban J connectivity index is 2.44. The molecule has 2 aromatic rings. The third kappa shape index (κ3) is 2.38. The molecule has 0 bridgehead atoms. The van der Waals surface area contributed by atoms with Crippen LogP contribution in [-0.4, -0.2) is 10.2 Å². The standard InChI is InChI=1S/C11H7ClF3N3/c12-10-9(16)8(5-17-18-10)6-1-3-7(4-2-6)11(13,14)15/h1-5H,(H2,16,17). The maximum atomic E-state index is 12.4. The van der Waals surface area contributed by atoms with Gasteiger partial charge in [0.15, 0.2) is 5.15 Å². The number of nitrogens with two attached hydrogens (primary N) is 1. The number of hydrogen-bond acceptors (Lipinski definition) is 3. The van der Waals surface area contributed by atoms with E-state index in [1.165, 1.54) is 18.3 Å². The minimum absolute atomic E-state index is 0.0207.